The van der Waals surface area contributed by atoms with Crippen molar-refractivity contribution in [2.75, 3.05) is 12.3 Å². The van der Waals surface area contributed by atoms with Gasteiger partial charge in [0.05, 0.1) is 25.1 Å². The van der Waals surface area contributed by atoms with E-state index in [1.807, 2.05) is 0 Å². The Morgan fingerprint density at radius 3 is 2.45 bits per heavy atom. The van der Waals surface area contributed by atoms with E-state index in [0.29, 0.717) is 11.2 Å². The largest absolute Gasteiger partial charge is 0.508 e. The van der Waals surface area contributed by atoms with Crippen molar-refractivity contribution in [2.45, 2.75) is 24.7 Å². The van der Waals surface area contributed by atoms with Gasteiger partial charge in [-0.3, -0.25) is 0 Å². The summed E-state index contributed by atoms with van der Waals surface area (Å²) >= 11 is 0. The summed E-state index contributed by atoms with van der Waals surface area (Å²) in [6.07, 6.45) is 0.189. The highest BCUT2D eigenvalue weighted by Gasteiger charge is 2.72. The zero-order valence-corrected chi connectivity index (χ0v) is 18.8. The highest BCUT2D eigenvalue weighted by atomic mass is 31.3. The smallest absolute Gasteiger partial charge is 0.390 e. The molecule has 2 aromatic heterocycles. The number of aliphatic hydroxyl groups is 2. The normalized spacial score (nSPS) is 32.9. The first-order chi connectivity index (χ1) is 15.2. The maximum Gasteiger partial charge on any atom is 0.508 e. The molecule has 0 aliphatic heterocycles. The zero-order chi connectivity index (χ0) is 24.4. The van der Waals surface area contributed by atoms with Crippen molar-refractivity contribution in [1.29, 1.82) is 0 Å². The first-order valence-electron chi connectivity index (χ1n) is 8.90. The van der Waals surface area contributed by atoms with E-state index in [0.717, 1.165) is 0 Å². The molecule has 18 nitrogen and oxygen atoms in total. The summed E-state index contributed by atoms with van der Waals surface area (Å²) in [6, 6.07) is -0.714. The SMILES string of the molecule is Nc1ncnc2c1ncn2C1C(O)C(O)C2(COOP(=O)(O)OP(=O)(O)OP(=O)(O)O)CC12. The van der Waals surface area contributed by atoms with Crippen LogP contribution in [0.2, 0.25) is 0 Å². The van der Waals surface area contributed by atoms with Crippen molar-refractivity contribution in [3.8, 4) is 0 Å². The first kappa shape index (κ1) is 24.8. The number of nitrogen functional groups attached to an aromatic ring is 1. The van der Waals surface area contributed by atoms with Crippen molar-refractivity contribution in [2.24, 2.45) is 11.3 Å². The topological polar surface area (TPSA) is 279 Å². The van der Waals surface area contributed by atoms with Crippen molar-refractivity contribution in [3.63, 3.8) is 0 Å². The van der Waals surface area contributed by atoms with Crippen LogP contribution in [0, 0.1) is 11.3 Å². The van der Waals surface area contributed by atoms with Crippen LogP contribution in [-0.2, 0) is 31.9 Å². The maximum atomic E-state index is 11.8. The van der Waals surface area contributed by atoms with E-state index in [-0.39, 0.29) is 12.2 Å². The minimum Gasteiger partial charge on any atom is -0.390 e. The lowest BCUT2D eigenvalue weighted by Crippen LogP contribution is -2.36. The van der Waals surface area contributed by atoms with Crippen LogP contribution < -0.4 is 5.73 Å². The number of nitrogens with zero attached hydrogens (tertiary/aromatic N) is 4. The molecule has 2 aliphatic carbocycles. The second-order valence-electron chi connectivity index (χ2n) is 7.48. The molecule has 7 atom stereocenters. The van der Waals surface area contributed by atoms with Gasteiger partial charge in [0.25, 0.3) is 0 Å². The molecule has 0 spiro atoms. The standard InChI is InChI=1S/C12H18N5O13P3/c13-10-6-11(15-3-14-10)17(4-16-6)7-5-1-12(5,9(19)8(7)18)2-27-28-32(23,24)30-33(25,26)29-31(20,21)22/h3-5,7-9,18-19H,1-2H2,(H,23,24)(H,25,26)(H2,13,14,15)(H2,20,21,22). The van der Waals surface area contributed by atoms with Gasteiger partial charge in [0.2, 0.25) is 0 Å². The quantitative estimate of drug-likeness (QED) is 0.115. The summed E-state index contributed by atoms with van der Waals surface area (Å²) in [4.78, 5) is 52.3. The Labute approximate surface area is 183 Å². The van der Waals surface area contributed by atoms with E-state index in [1.54, 1.807) is 0 Å². The number of imidazole rings is 1. The van der Waals surface area contributed by atoms with E-state index in [4.69, 9.17) is 20.4 Å². The molecule has 0 radical (unpaired) electrons. The highest BCUT2D eigenvalue weighted by molar-refractivity contribution is 7.66. The summed E-state index contributed by atoms with van der Waals surface area (Å²) in [6.45, 7) is -0.556. The molecule has 2 heterocycles. The Bertz CT molecular complexity index is 1220. The maximum absolute atomic E-state index is 11.8. The van der Waals surface area contributed by atoms with Crippen LogP contribution in [0.1, 0.15) is 12.5 Å². The molecule has 2 aliphatic rings. The fourth-order valence-electron chi connectivity index (χ4n) is 4.11. The molecule has 4 rings (SSSR count). The molecule has 21 heteroatoms. The van der Waals surface area contributed by atoms with Gasteiger partial charge >= 0.3 is 23.5 Å². The Morgan fingerprint density at radius 2 is 1.79 bits per heavy atom. The van der Waals surface area contributed by atoms with Gasteiger partial charge in [0.1, 0.15) is 17.9 Å². The van der Waals surface area contributed by atoms with Crippen molar-refractivity contribution < 1.29 is 61.7 Å². The minimum atomic E-state index is -5.70. The Morgan fingerprint density at radius 1 is 1.09 bits per heavy atom. The van der Waals surface area contributed by atoms with Crippen molar-refractivity contribution >= 4 is 40.4 Å². The van der Waals surface area contributed by atoms with Gasteiger partial charge in [0, 0.05) is 5.41 Å². The summed E-state index contributed by atoms with van der Waals surface area (Å²) < 4.78 is 46.5. The molecule has 184 valence electrons. The summed E-state index contributed by atoms with van der Waals surface area (Å²) in [5.41, 5.74) is 5.25. The van der Waals surface area contributed by atoms with Crippen molar-refractivity contribution in [3.05, 3.63) is 12.7 Å². The number of phosphoric acid groups is 3. The second-order valence-corrected chi connectivity index (χ2v) is 11.8. The Hall–Kier alpha value is -1.36. The molecular formula is C12H18N5O13P3. The summed E-state index contributed by atoms with van der Waals surface area (Å²) in [5.74, 6) is -0.297. The molecular weight excluding hydrogens is 515 g/mol. The summed E-state index contributed by atoms with van der Waals surface area (Å²) in [5, 5.41) is 21.2. The van der Waals surface area contributed by atoms with E-state index >= 15 is 0 Å². The monoisotopic (exact) mass is 533 g/mol. The average molecular weight is 533 g/mol. The first-order valence-corrected chi connectivity index (χ1v) is 13.4. The van der Waals surface area contributed by atoms with E-state index in [2.05, 4.69) is 33.1 Å². The van der Waals surface area contributed by atoms with Crippen LogP contribution in [0.3, 0.4) is 0 Å². The Kier molecular flexibility index (Phi) is 6.08. The molecule has 2 saturated carbocycles. The van der Waals surface area contributed by atoms with Crippen LogP contribution in [0.4, 0.5) is 5.82 Å². The number of hydrogen-bond donors (Lipinski definition) is 7. The van der Waals surface area contributed by atoms with E-state index in [1.165, 1.54) is 17.2 Å². The third-order valence-corrected chi connectivity index (χ3v) is 9.07. The van der Waals surface area contributed by atoms with Gasteiger partial charge in [-0.2, -0.15) is 8.62 Å². The second kappa shape index (κ2) is 8.10. The third kappa shape index (κ3) is 4.76. The fraction of sp³-hybridized carbons (Fsp3) is 0.583. The van der Waals surface area contributed by atoms with Crippen LogP contribution >= 0.6 is 23.5 Å². The van der Waals surface area contributed by atoms with Gasteiger partial charge in [-0.1, -0.05) is 0 Å². The van der Waals surface area contributed by atoms with Crippen LogP contribution in [0.5, 0.6) is 0 Å². The molecule has 0 bridgehead atoms. The number of rotatable bonds is 9. The number of hydrogen-bond acceptors (Lipinski definition) is 13. The van der Waals surface area contributed by atoms with Gasteiger partial charge in [-0.05, 0) is 12.3 Å². The molecule has 2 aromatic rings. The number of aromatic nitrogens is 4. The lowest BCUT2D eigenvalue weighted by molar-refractivity contribution is -0.240. The van der Waals surface area contributed by atoms with E-state index < -0.39 is 59.7 Å². The van der Waals surface area contributed by atoms with Crippen LogP contribution in [0.15, 0.2) is 12.7 Å². The molecule has 0 saturated heterocycles. The van der Waals surface area contributed by atoms with E-state index in [9.17, 15) is 28.8 Å². The predicted octanol–water partition coefficient (Wildman–Crippen LogP) is -1.03. The summed E-state index contributed by atoms with van der Waals surface area (Å²) in [7, 11) is -16.7. The fourth-order valence-corrected chi connectivity index (χ4v) is 6.91. The molecule has 7 unspecified atom stereocenters. The Balaban J connectivity index is 1.43. The van der Waals surface area contributed by atoms with Crippen LogP contribution in [-0.4, -0.2) is 68.1 Å². The molecule has 2 fully saturated rings. The highest BCUT2D eigenvalue weighted by Crippen LogP contribution is 2.69. The minimum absolute atomic E-state index is 0.119. The van der Waals surface area contributed by atoms with Crippen molar-refractivity contribution in [1.82, 2.24) is 19.5 Å². The third-order valence-electron chi connectivity index (χ3n) is 5.45. The lowest BCUT2D eigenvalue weighted by Gasteiger charge is -2.24. The predicted molar refractivity (Wildman–Crippen MR) is 102 cm³/mol. The van der Waals surface area contributed by atoms with Gasteiger partial charge < -0.3 is 40.1 Å². The lowest BCUT2D eigenvalue weighted by atomic mass is 10.0. The number of aliphatic hydroxyl groups excluding tert-OH is 2. The van der Waals surface area contributed by atoms with Crippen LogP contribution in [0.25, 0.3) is 11.2 Å². The molecule has 0 amide bonds. The van der Waals surface area contributed by atoms with Gasteiger partial charge in [0.15, 0.2) is 11.5 Å². The number of anilines is 1. The molecule has 0 aromatic carbocycles. The zero-order valence-electron chi connectivity index (χ0n) is 16.1. The number of nitrogens with two attached hydrogens (primary N) is 1. The average Bonchev–Trinajstić information content (AvgIpc) is 3.11. The molecule has 33 heavy (non-hydrogen) atoms. The van der Waals surface area contributed by atoms with Gasteiger partial charge in [-0.25, -0.2) is 33.5 Å². The number of fused-ring (bicyclic) bond motifs is 2. The molecule has 8 N–H and O–H groups in total. The van der Waals surface area contributed by atoms with Gasteiger partial charge in [-0.15, -0.1) is 4.67 Å².